The lowest BCUT2D eigenvalue weighted by Gasteiger charge is -2.26. The van der Waals surface area contributed by atoms with Crippen LogP contribution < -0.4 is 4.90 Å². The number of fused-ring (bicyclic) bond motifs is 6. The first kappa shape index (κ1) is 35.7. The van der Waals surface area contributed by atoms with Crippen LogP contribution in [-0.4, -0.2) is 0 Å². The van der Waals surface area contributed by atoms with Gasteiger partial charge in [0.2, 0.25) is 0 Å². The van der Waals surface area contributed by atoms with E-state index in [-0.39, 0.29) is 0 Å². The van der Waals surface area contributed by atoms with Gasteiger partial charge in [0.1, 0.15) is 5.58 Å². The van der Waals surface area contributed by atoms with Gasteiger partial charge < -0.3 is 9.32 Å². The van der Waals surface area contributed by atoms with E-state index in [1.165, 1.54) is 64.7 Å². The summed E-state index contributed by atoms with van der Waals surface area (Å²) in [5, 5.41) is 4.81. The molecule has 9 aromatic carbocycles. The molecule has 11 rings (SSSR count). The van der Waals surface area contributed by atoms with Gasteiger partial charge in [-0.2, -0.15) is 0 Å². The minimum absolute atomic E-state index is 0.807. The maximum atomic E-state index is 6.64. The summed E-state index contributed by atoms with van der Waals surface area (Å²) in [5.74, 6) is 0. The van der Waals surface area contributed by atoms with Gasteiger partial charge in [-0.1, -0.05) is 164 Å². The first-order chi connectivity index (χ1) is 29.7. The predicted octanol–water partition coefficient (Wildman–Crippen LogP) is 16.7. The van der Waals surface area contributed by atoms with Crippen LogP contribution in [0.1, 0.15) is 16.7 Å². The van der Waals surface area contributed by atoms with Gasteiger partial charge in [0.05, 0.1) is 5.69 Å². The molecule has 2 aromatic heterocycles. The summed E-state index contributed by atoms with van der Waals surface area (Å²) in [5.41, 5.74) is 15.8. The van der Waals surface area contributed by atoms with E-state index in [2.05, 4.69) is 212 Å². The number of anilines is 3. The van der Waals surface area contributed by atoms with Crippen LogP contribution >= 0.6 is 11.3 Å². The number of thiophene rings is 1. The Bertz CT molecular complexity index is 3350. The van der Waals surface area contributed by atoms with Crippen LogP contribution in [0.15, 0.2) is 217 Å². The summed E-state index contributed by atoms with van der Waals surface area (Å²) < 4.78 is 9.24. The Kier molecular flexibility index (Phi) is 8.95. The summed E-state index contributed by atoms with van der Waals surface area (Å²) in [6, 6.07) is 74.2. The molecule has 0 saturated heterocycles. The Morgan fingerprint density at radius 1 is 0.483 bits per heavy atom. The topological polar surface area (TPSA) is 16.4 Å². The largest absolute Gasteiger partial charge is 0.454 e. The molecule has 0 radical (unpaired) electrons. The molecule has 2 heterocycles. The third-order valence-electron chi connectivity index (χ3n) is 11.7. The molecule has 0 unspecified atom stereocenters. The van der Waals surface area contributed by atoms with Crippen molar-refractivity contribution in [3.05, 3.63) is 230 Å². The maximum Gasteiger partial charge on any atom is 0.159 e. The van der Waals surface area contributed by atoms with Gasteiger partial charge in [0, 0.05) is 42.3 Å². The van der Waals surface area contributed by atoms with Crippen molar-refractivity contribution in [3.8, 4) is 33.4 Å². The van der Waals surface area contributed by atoms with Gasteiger partial charge in [0.15, 0.2) is 5.58 Å². The van der Waals surface area contributed by atoms with E-state index >= 15 is 0 Å². The standard InChI is InChI=1S/C57H39NOS/c1-2-39-15-6-8-19-46(39)47-20-9-7-18-43(47)35-38-36-51(57-52(37-38)49-22-11-13-26-55(49)60-57)42-29-33-45(34-30-42)58(44-31-27-41(28-32-44)40-16-4-3-5-17-40)53-24-14-23-50-48-21-10-12-25-54(48)59-56(50)53/h2-34,36-37H,1,35H2. The van der Waals surface area contributed by atoms with Crippen molar-refractivity contribution in [1.29, 1.82) is 0 Å². The minimum Gasteiger partial charge on any atom is -0.454 e. The fraction of sp³-hybridized carbons (Fsp3) is 0.0175. The van der Waals surface area contributed by atoms with Crippen molar-refractivity contribution in [1.82, 2.24) is 0 Å². The van der Waals surface area contributed by atoms with Crippen molar-refractivity contribution in [2.45, 2.75) is 6.42 Å². The van der Waals surface area contributed by atoms with Crippen molar-refractivity contribution in [3.63, 3.8) is 0 Å². The summed E-state index contributed by atoms with van der Waals surface area (Å²) in [4.78, 5) is 2.33. The fourth-order valence-corrected chi connectivity index (χ4v) is 10.1. The molecule has 3 heteroatoms. The van der Waals surface area contributed by atoms with E-state index in [1.54, 1.807) is 0 Å². The molecule has 0 aliphatic rings. The average Bonchev–Trinajstić information content (AvgIpc) is 3.89. The minimum atomic E-state index is 0.807. The zero-order valence-corrected chi connectivity index (χ0v) is 33.7. The average molecular weight is 786 g/mol. The highest BCUT2D eigenvalue weighted by Crippen LogP contribution is 2.45. The highest BCUT2D eigenvalue weighted by atomic mass is 32.1. The normalized spacial score (nSPS) is 11.5. The van der Waals surface area contributed by atoms with E-state index in [4.69, 9.17) is 4.42 Å². The first-order valence-electron chi connectivity index (χ1n) is 20.4. The van der Waals surface area contributed by atoms with Crippen LogP contribution in [-0.2, 0) is 6.42 Å². The molecule has 0 N–H and O–H groups in total. The molecule has 2 nitrogen and oxygen atoms in total. The SMILES string of the molecule is C=Cc1ccccc1-c1ccccc1Cc1cc(-c2ccc(N(c3ccc(-c4ccccc4)cc3)c3cccc4c3oc3ccccc34)cc2)c2sc3ccccc3c2c1. The van der Waals surface area contributed by atoms with E-state index in [0.29, 0.717) is 0 Å². The van der Waals surface area contributed by atoms with Gasteiger partial charge in [-0.15, -0.1) is 11.3 Å². The molecule has 0 spiro atoms. The molecule has 0 atom stereocenters. The third-order valence-corrected chi connectivity index (χ3v) is 12.9. The third kappa shape index (κ3) is 6.28. The lowest BCUT2D eigenvalue weighted by molar-refractivity contribution is 0.669. The van der Waals surface area contributed by atoms with Gasteiger partial charge in [-0.25, -0.2) is 0 Å². The smallest absolute Gasteiger partial charge is 0.159 e. The van der Waals surface area contributed by atoms with E-state index < -0.39 is 0 Å². The number of para-hydroxylation sites is 2. The van der Waals surface area contributed by atoms with Gasteiger partial charge in [-0.05, 0) is 111 Å². The maximum absolute atomic E-state index is 6.64. The molecule has 0 aliphatic heterocycles. The quantitative estimate of drug-likeness (QED) is 0.145. The van der Waals surface area contributed by atoms with Crippen LogP contribution in [0.5, 0.6) is 0 Å². The Morgan fingerprint density at radius 2 is 1.12 bits per heavy atom. The Hall–Kier alpha value is -7.46. The van der Waals surface area contributed by atoms with E-state index in [1.807, 2.05) is 23.5 Å². The molecule has 0 aliphatic carbocycles. The zero-order chi connectivity index (χ0) is 40.0. The highest BCUT2D eigenvalue weighted by Gasteiger charge is 2.21. The molecule has 0 bridgehead atoms. The number of rotatable bonds is 9. The van der Waals surface area contributed by atoms with Gasteiger partial charge in [0.25, 0.3) is 0 Å². The first-order valence-corrected chi connectivity index (χ1v) is 21.2. The second-order valence-electron chi connectivity index (χ2n) is 15.3. The fourth-order valence-electron chi connectivity index (χ4n) is 8.84. The lowest BCUT2D eigenvalue weighted by Crippen LogP contribution is -2.10. The lowest BCUT2D eigenvalue weighted by atomic mass is 9.90. The zero-order valence-electron chi connectivity index (χ0n) is 32.9. The van der Waals surface area contributed by atoms with Crippen LogP contribution in [0.3, 0.4) is 0 Å². The summed E-state index contributed by atoms with van der Waals surface area (Å²) >= 11 is 1.88. The van der Waals surface area contributed by atoms with E-state index in [9.17, 15) is 0 Å². The molecule has 284 valence electrons. The number of furan rings is 1. The predicted molar refractivity (Wildman–Crippen MR) is 257 cm³/mol. The van der Waals surface area contributed by atoms with E-state index in [0.717, 1.165) is 51.0 Å². The molecule has 0 amide bonds. The second-order valence-corrected chi connectivity index (χ2v) is 16.3. The molecule has 60 heavy (non-hydrogen) atoms. The Labute approximate surface area is 353 Å². The number of nitrogens with zero attached hydrogens (tertiary/aromatic N) is 1. The summed E-state index contributed by atoms with van der Waals surface area (Å²) in [7, 11) is 0. The number of hydrogen-bond acceptors (Lipinski definition) is 3. The van der Waals surface area contributed by atoms with Crippen LogP contribution in [0.2, 0.25) is 0 Å². The van der Waals surface area contributed by atoms with Crippen LogP contribution in [0.25, 0.3) is 81.6 Å². The second kappa shape index (κ2) is 15.0. The number of hydrogen-bond donors (Lipinski definition) is 0. The van der Waals surface area contributed by atoms with Crippen LogP contribution in [0.4, 0.5) is 17.1 Å². The van der Waals surface area contributed by atoms with Crippen molar-refractivity contribution >= 4 is 76.6 Å². The van der Waals surface area contributed by atoms with Crippen molar-refractivity contribution in [2.24, 2.45) is 0 Å². The molecule has 0 fully saturated rings. The molecule has 0 saturated carbocycles. The highest BCUT2D eigenvalue weighted by molar-refractivity contribution is 7.26. The summed E-state index contributed by atoms with van der Waals surface area (Å²) in [6.07, 6.45) is 2.76. The molecular weight excluding hydrogens is 747 g/mol. The molecular formula is C57H39NOS. The number of benzene rings is 9. The van der Waals surface area contributed by atoms with Crippen molar-refractivity contribution < 1.29 is 4.42 Å². The Balaban J connectivity index is 1.04. The Morgan fingerprint density at radius 3 is 1.92 bits per heavy atom. The molecule has 11 aromatic rings. The van der Waals surface area contributed by atoms with Gasteiger partial charge in [-0.3, -0.25) is 0 Å². The summed E-state index contributed by atoms with van der Waals surface area (Å²) in [6.45, 7) is 4.11. The van der Waals surface area contributed by atoms with Gasteiger partial charge >= 0.3 is 0 Å². The monoisotopic (exact) mass is 785 g/mol. The van der Waals surface area contributed by atoms with Crippen LogP contribution in [0, 0.1) is 0 Å². The van der Waals surface area contributed by atoms with Crippen molar-refractivity contribution in [2.75, 3.05) is 4.90 Å².